The Balaban J connectivity index is 1.87. The summed E-state index contributed by atoms with van der Waals surface area (Å²) in [5.74, 6) is 1.68. The molecule has 1 saturated heterocycles. The molecule has 0 aliphatic carbocycles. The lowest BCUT2D eigenvalue weighted by Gasteiger charge is -2.22. The summed E-state index contributed by atoms with van der Waals surface area (Å²) in [7, 11) is 0. The van der Waals surface area contributed by atoms with Gasteiger partial charge in [0.2, 0.25) is 5.90 Å². The summed E-state index contributed by atoms with van der Waals surface area (Å²) in [4.78, 5) is 4.68. The fraction of sp³-hybridized carbons (Fsp3) is 0.917. The molecule has 2 heterocycles. The zero-order chi connectivity index (χ0) is 10.7. The Morgan fingerprint density at radius 2 is 2.33 bits per heavy atom. The van der Waals surface area contributed by atoms with Crippen LogP contribution in [0, 0.1) is 5.92 Å². The number of rotatable bonds is 3. The molecule has 2 aliphatic heterocycles. The van der Waals surface area contributed by atoms with Gasteiger partial charge in [0.1, 0.15) is 6.61 Å². The van der Waals surface area contributed by atoms with Gasteiger partial charge in [-0.2, -0.15) is 0 Å². The molecule has 0 amide bonds. The topological polar surface area (TPSA) is 33.6 Å². The normalized spacial score (nSPS) is 31.5. The molecule has 2 aliphatic rings. The van der Waals surface area contributed by atoms with Crippen molar-refractivity contribution >= 4 is 5.90 Å². The highest BCUT2D eigenvalue weighted by Crippen LogP contribution is 2.18. The van der Waals surface area contributed by atoms with E-state index in [0.717, 1.165) is 25.5 Å². The van der Waals surface area contributed by atoms with Crippen molar-refractivity contribution in [2.45, 2.75) is 51.6 Å². The fourth-order valence-corrected chi connectivity index (χ4v) is 2.35. The van der Waals surface area contributed by atoms with Crippen molar-refractivity contribution in [3.63, 3.8) is 0 Å². The van der Waals surface area contributed by atoms with Gasteiger partial charge in [0.05, 0.1) is 12.1 Å². The van der Waals surface area contributed by atoms with Gasteiger partial charge < -0.3 is 10.1 Å². The van der Waals surface area contributed by atoms with Crippen molar-refractivity contribution in [2.75, 3.05) is 13.2 Å². The van der Waals surface area contributed by atoms with E-state index in [4.69, 9.17) is 4.74 Å². The minimum Gasteiger partial charge on any atom is -0.478 e. The first-order valence-corrected chi connectivity index (χ1v) is 6.19. The van der Waals surface area contributed by atoms with Crippen LogP contribution in [0.2, 0.25) is 0 Å². The molecule has 0 aromatic rings. The van der Waals surface area contributed by atoms with E-state index in [1.807, 2.05) is 0 Å². The summed E-state index contributed by atoms with van der Waals surface area (Å²) < 4.78 is 5.69. The molecule has 2 atom stereocenters. The molecule has 3 nitrogen and oxygen atoms in total. The molecule has 0 saturated carbocycles. The zero-order valence-corrected chi connectivity index (χ0v) is 9.83. The van der Waals surface area contributed by atoms with Crippen LogP contribution in [0.4, 0.5) is 0 Å². The molecule has 1 fully saturated rings. The molecule has 1 N–H and O–H groups in total. The number of hydrogen-bond donors (Lipinski definition) is 1. The van der Waals surface area contributed by atoms with Crippen LogP contribution in [0.1, 0.15) is 39.5 Å². The molecule has 0 spiro atoms. The van der Waals surface area contributed by atoms with Gasteiger partial charge in [0.15, 0.2) is 0 Å². The summed E-state index contributed by atoms with van der Waals surface area (Å²) in [5, 5.41) is 3.48. The molecule has 2 rings (SSSR count). The molecular weight excluding hydrogens is 188 g/mol. The Morgan fingerprint density at radius 1 is 1.47 bits per heavy atom. The third-order valence-electron chi connectivity index (χ3n) is 3.09. The summed E-state index contributed by atoms with van der Waals surface area (Å²) in [6, 6.07) is 0.805. The predicted molar refractivity (Wildman–Crippen MR) is 62.3 cm³/mol. The van der Waals surface area contributed by atoms with Crippen molar-refractivity contribution in [2.24, 2.45) is 10.9 Å². The van der Waals surface area contributed by atoms with Crippen molar-refractivity contribution in [3.8, 4) is 0 Å². The first-order valence-electron chi connectivity index (χ1n) is 6.19. The van der Waals surface area contributed by atoms with E-state index in [-0.39, 0.29) is 0 Å². The minimum atomic E-state index is 0.399. The van der Waals surface area contributed by atoms with Crippen LogP contribution in [-0.2, 0) is 4.74 Å². The molecule has 0 bridgehead atoms. The number of hydrogen-bond acceptors (Lipinski definition) is 3. The van der Waals surface area contributed by atoms with Crippen LogP contribution in [0.3, 0.4) is 0 Å². The van der Waals surface area contributed by atoms with Crippen LogP contribution in [0.5, 0.6) is 0 Å². The second kappa shape index (κ2) is 4.97. The number of piperidine rings is 1. The van der Waals surface area contributed by atoms with Crippen LogP contribution < -0.4 is 5.32 Å². The maximum Gasteiger partial charge on any atom is 0.201 e. The molecular formula is C12H22N2O. The van der Waals surface area contributed by atoms with E-state index < -0.39 is 0 Å². The Morgan fingerprint density at radius 3 is 3.00 bits per heavy atom. The van der Waals surface area contributed by atoms with E-state index in [0.29, 0.717) is 18.0 Å². The Kier molecular flexibility index (Phi) is 3.62. The Labute approximate surface area is 92.3 Å². The summed E-state index contributed by atoms with van der Waals surface area (Å²) >= 11 is 0. The van der Waals surface area contributed by atoms with Gasteiger partial charge in [0.25, 0.3) is 0 Å². The summed E-state index contributed by atoms with van der Waals surface area (Å²) in [5.41, 5.74) is 0. The van der Waals surface area contributed by atoms with Crippen LogP contribution in [-0.4, -0.2) is 31.1 Å². The maximum atomic E-state index is 5.69. The average molecular weight is 210 g/mol. The van der Waals surface area contributed by atoms with Gasteiger partial charge in [-0.3, -0.25) is 0 Å². The average Bonchev–Trinajstić information content (AvgIpc) is 2.67. The molecule has 0 radical (unpaired) electrons. The lowest BCUT2D eigenvalue weighted by molar-refractivity contribution is 0.280. The standard InChI is InChI=1S/C12H22N2O/c1-9(2)7-10-8-15-12(14-10)11-5-3-4-6-13-11/h9-11,13H,3-8H2,1-2H3. The SMILES string of the molecule is CC(C)CC1COC(C2CCCCN2)=N1. The molecule has 15 heavy (non-hydrogen) atoms. The highest BCUT2D eigenvalue weighted by molar-refractivity contribution is 5.83. The third-order valence-corrected chi connectivity index (χ3v) is 3.09. The third kappa shape index (κ3) is 2.94. The quantitative estimate of drug-likeness (QED) is 0.772. The number of nitrogens with zero attached hydrogens (tertiary/aromatic N) is 1. The highest BCUT2D eigenvalue weighted by Gasteiger charge is 2.27. The summed E-state index contributed by atoms with van der Waals surface area (Å²) in [6.45, 7) is 6.40. The molecule has 86 valence electrons. The van der Waals surface area contributed by atoms with E-state index in [1.54, 1.807) is 0 Å². The van der Waals surface area contributed by atoms with E-state index in [9.17, 15) is 0 Å². The van der Waals surface area contributed by atoms with E-state index >= 15 is 0 Å². The Hall–Kier alpha value is -0.570. The number of nitrogens with one attached hydrogen (secondary N) is 1. The minimum absolute atomic E-state index is 0.399. The van der Waals surface area contributed by atoms with Gasteiger partial charge in [-0.1, -0.05) is 20.3 Å². The predicted octanol–water partition coefficient (Wildman–Crippen LogP) is 1.97. The fourth-order valence-electron chi connectivity index (χ4n) is 2.35. The van der Waals surface area contributed by atoms with Crippen molar-refractivity contribution in [1.82, 2.24) is 5.32 Å². The van der Waals surface area contributed by atoms with Crippen molar-refractivity contribution in [1.29, 1.82) is 0 Å². The van der Waals surface area contributed by atoms with Crippen LogP contribution >= 0.6 is 0 Å². The second-order valence-corrected chi connectivity index (χ2v) is 5.06. The van der Waals surface area contributed by atoms with E-state index in [1.165, 1.54) is 19.3 Å². The second-order valence-electron chi connectivity index (χ2n) is 5.06. The monoisotopic (exact) mass is 210 g/mol. The first-order chi connectivity index (χ1) is 7.25. The molecule has 0 aromatic heterocycles. The lowest BCUT2D eigenvalue weighted by Crippen LogP contribution is -2.40. The Bertz CT molecular complexity index is 232. The van der Waals surface area contributed by atoms with E-state index in [2.05, 4.69) is 24.2 Å². The summed E-state index contributed by atoms with van der Waals surface area (Å²) in [6.07, 6.45) is 4.93. The van der Waals surface area contributed by atoms with Crippen molar-refractivity contribution in [3.05, 3.63) is 0 Å². The van der Waals surface area contributed by atoms with Crippen LogP contribution in [0.25, 0.3) is 0 Å². The molecule has 3 heteroatoms. The van der Waals surface area contributed by atoms with Gasteiger partial charge in [-0.25, -0.2) is 4.99 Å². The largest absolute Gasteiger partial charge is 0.478 e. The zero-order valence-electron chi connectivity index (χ0n) is 9.83. The first kappa shape index (κ1) is 10.9. The van der Waals surface area contributed by atoms with Gasteiger partial charge in [0, 0.05) is 0 Å². The lowest BCUT2D eigenvalue weighted by atomic mass is 10.0. The molecule has 0 aromatic carbocycles. The molecule has 2 unspecified atom stereocenters. The van der Waals surface area contributed by atoms with Gasteiger partial charge in [-0.15, -0.1) is 0 Å². The highest BCUT2D eigenvalue weighted by atomic mass is 16.5. The smallest absolute Gasteiger partial charge is 0.201 e. The maximum absolute atomic E-state index is 5.69. The van der Waals surface area contributed by atoms with Crippen molar-refractivity contribution < 1.29 is 4.74 Å². The number of ether oxygens (including phenoxy) is 1. The van der Waals surface area contributed by atoms with Crippen LogP contribution in [0.15, 0.2) is 4.99 Å². The van der Waals surface area contributed by atoms with Gasteiger partial charge >= 0.3 is 0 Å². The number of aliphatic imine (C=N–C) groups is 1. The van der Waals surface area contributed by atoms with Gasteiger partial charge in [-0.05, 0) is 31.7 Å².